The van der Waals surface area contributed by atoms with E-state index in [9.17, 15) is 9.59 Å². The van der Waals surface area contributed by atoms with Gasteiger partial charge in [-0.25, -0.2) is 4.68 Å². The van der Waals surface area contributed by atoms with Crippen LogP contribution in [0.2, 0.25) is 0 Å². The van der Waals surface area contributed by atoms with Crippen molar-refractivity contribution in [3.63, 3.8) is 0 Å². The summed E-state index contributed by atoms with van der Waals surface area (Å²) in [7, 11) is 1.61. The van der Waals surface area contributed by atoms with Gasteiger partial charge in [-0.15, -0.1) is 11.7 Å². The number of nitrogens with zero attached hydrogens (tertiary/aromatic N) is 4. The molecule has 0 N–H and O–H groups in total. The Morgan fingerprint density at radius 3 is 2.59 bits per heavy atom. The maximum Gasteiger partial charge on any atom is 0.333 e. The maximum atomic E-state index is 12.1. The average Bonchev–Trinajstić information content (AvgIpc) is 2.96. The molecule has 0 radical (unpaired) electrons. The fraction of sp³-hybridized carbons (Fsp3) is 0.267. The summed E-state index contributed by atoms with van der Waals surface area (Å²) < 4.78 is 7.69. The van der Waals surface area contributed by atoms with Gasteiger partial charge >= 0.3 is 11.1 Å². The normalized spacial score (nSPS) is 13.0. The lowest BCUT2D eigenvalue weighted by Crippen LogP contribution is -2.42. The SMILES string of the molecule is C=CCn1nc2n(c(=O)c1=O)CCN2c1ccc(OC)cc1. The zero-order valence-electron chi connectivity index (χ0n) is 12.2. The van der Waals surface area contributed by atoms with Crippen LogP contribution in [0.25, 0.3) is 0 Å². The summed E-state index contributed by atoms with van der Waals surface area (Å²) in [5, 5.41) is 4.29. The smallest absolute Gasteiger partial charge is 0.333 e. The van der Waals surface area contributed by atoms with E-state index in [1.165, 1.54) is 10.6 Å². The van der Waals surface area contributed by atoms with Crippen LogP contribution < -0.4 is 20.8 Å². The van der Waals surface area contributed by atoms with Crippen molar-refractivity contribution in [2.75, 3.05) is 18.6 Å². The largest absolute Gasteiger partial charge is 0.497 e. The molecule has 1 aromatic carbocycles. The first-order chi connectivity index (χ1) is 10.7. The van der Waals surface area contributed by atoms with Gasteiger partial charge in [0.2, 0.25) is 5.95 Å². The molecule has 0 fully saturated rings. The molecule has 114 valence electrons. The Labute approximate surface area is 126 Å². The van der Waals surface area contributed by atoms with E-state index in [2.05, 4.69) is 11.7 Å². The van der Waals surface area contributed by atoms with Crippen LogP contribution in [0.3, 0.4) is 0 Å². The second-order valence-electron chi connectivity index (χ2n) is 4.88. The van der Waals surface area contributed by atoms with E-state index in [4.69, 9.17) is 4.74 Å². The van der Waals surface area contributed by atoms with Gasteiger partial charge in [-0.1, -0.05) is 6.08 Å². The Balaban J connectivity index is 2.08. The van der Waals surface area contributed by atoms with E-state index in [1.807, 2.05) is 29.2 Å². The second kappa shape index (κ2) is 5.51. The van der Waals surface area contributed by atoms with Crippen LogP contribution in [-0.4, -0.2) is 28.0 Å². The third kappa shape index (κ3) is 2.20. The summed E-state index contributed by atoms with van der Waals surface area (Å²) in [6.07, 6.45) is 1.54. The number of hydrogen-bond donors (Lipinski definition) is 0. The zero-order valence-corrected chi connectivity index (χ0v) is 12.2. The number of benzene rings is 1. The molecule has 2 heterocycles. The number of hydrogen-bond acceptors (Lipinski definition) is 5. The molecular weight excluding hydrogens is 284 g/mol. The molecule has 7 nitrogen and oxygen atoms in total. The van der Waals surface area contributed by atoms with Crippen molar-refractivity contribution < 1.29 is 4.74 Å². The van der Waals surface area contributed by atoms with E-state index in [-0.39, 0.29) is 6.54 Å². The standard InChI is InChI=1S/C15H16N4O3/c1-3-8-19-14(21)13(20)18-10-9-17(15(18)16-19)11-4-6-12(22-2)7-5-11/h3-7H,1,8-10H2,2H3. The third-order valence-electron chi connectivity index (χ3n) is 3.59. The molecule has 0 atom stereocenters. The Morgan fingerprint density at radius 1 is 1.23 bits per heavy atom. The summed E-state index contributed by atoms with van der Waals surface area (Å²) in [4.78, 5) is 26.0. The quantitative estimate of drug-likeness (QED) is 0.615. The molecule has 0 saturated heterocycles. The van der Waals surface area contributed by atoms with Crippen LogP contribution in [0.15, 0.2) is 46.5 Å². The lowest BCUT2D eigenvalue weighted by Gasteiger charge is -2.18. The highest BCUT2D eigenvalue weighted by atomic mass is 16.5. The summed E-state index contributed by atoms with van der Waals surface area (Å²) in [6.45, 7) is 4.82. The van der Waals surface area contributed by atoms with E-state index < -0.39 is 11.1 Å². The molecule has 1 aliphatic heterocycles. The predicted molar refractivity (Wildman–Crippen MR) is 83.0 cm³/mol. The molecule has 0 unspecified atom stereocenters. The summed E-state index contributed by atoms with van der Waals surface area (Å²) in [5.41, 5.74) is -0.286. The molecule has 3 rings (SSSR count). The average molecular weight is 300 g/mol. The van der Waals surface area contributed by atoms with Crippen molar-refractivity contribution in [1.29, 1.82) is 0 Å². The lowest BCUT2D eigenvalue weighted by molar-refractivity contribution is 0.415. The molecule has 1 aromatic heterocycles. The molecule has 22 heavy (non-hydrogen) atoms. The topological polar surface area (TPSA) is 69.4 Å². The van der Waals surface area contributed by atoms with Gasteiger partial charge in [0.15, 0.2) is 0 Å². The summed E-state index contributed by atoms with van der Waals surface area (Å²) in [6, 6.07) is 7.47. The maximum absolute atomic E-state index is 12.1. The van der Waals surface area contributed by atoms with Gasteiger partial charge < -0.3 is 9.64 Å². The molecule has 7 heteroatoms. The van der Waals surface area contributed by atoms with E-state index >= 15 is 0 Å². The molecule has 0 amide bonds. The van der Waals surface area contributed by atoms with E-state index in [0.29, 0.717) is 19.0 Å². The van der Waals surface area contributed by atoms with Crippen molar-refractivity contribution in [2.24, 2.45) is 0 Å². The van der Waals surface area contributed by atoms with E-state index in [0.717, 1.165) is 16.1 Å². The highest BCUT2D eigenvalue weighted by molar-refractivity contribution is 5.59. The first kappa shape index (κ1) is 14.1. The minimum absolute atomic E-state index is 0.207. The van der Waals surface area contributed by atoms with Gasteiger partial charge in [0, 0.05) is 18.8 Å². The van der Waals surface area contributed by atoms with Gasteiger partial charge in [0.05, 0.1) is 13.7 Å². The molecule has 1 aliphatic rings. The van der Waals surface area contributed by atoms with Crippen LogP contribution in [0, 0.1) is 0 Å². The summed E-state index contributed by atoms with van der Waals surface area (Å²) >= 11 is 0. The van der Waals surface area contributed by atoms with Crippen molar-refractivity contribution in [3.8, 4) is 5.75 Å². The highest BCUT2D eigenvalue weighted by Crippen LogP contribution is 2.27. The number of fused-ring (bicyclic) bond motifs is 1. The highest BCUT2D eigenvalue weighted by Gasteiger charge is 2.25. The predicted octanol–water partition coefficient (Wildman–Crippen LogP) is 0.751. The first-order valence-electron chi connectivity index (χ1n) is 6.90. The van der Waals surface area contributed by atoms with E-state index in [1.54, 1.807) is 7.11 Å². The van der Waals surface area contributed by atoms with Crippen molar-refractivity contribution in [2.45, 2.75) is 13.1 Å². The molecule has 0 spiro atoms. The summed E-state index contributed by atoms with van der Waals surface area (Å²) in [5.74, 6) is 1.22. The van der Waals surface area contributed by atoms with Crippen LogP contribution >= 0.6 is 0 Å². The third-order valence-corrected chi connectivity index (χ3v) is 3.59. The van der Waals surface area contributed by atoms with Crippen LogP contribution in [0.4, 0.5) is 11.6 Å². The Kier molecular flexibility index (Phi) is 3.54. The molecular formula is C15H16N4O3. The van der Waals surface area contributed by atoms with Crippen molar-refractivity contribution in [1.82, 2.24) is 14.3 Å². The van der Waals surface area contributed by atoms with Gasteiger partial charge in [-0.3, -0.25) is 14.2 Å². The monoisotopic (exact) mass is 300 g/mol. The fourth-order valence-corrected chi connectivity index (χ4v) is 2.48. The van der Waals surface area contributed by atoms with Gasteiger partial charge in [0.1, 0.15) is 5.75 Å². The van der Waals surface area contributed by atoms with Crippen LogP contribution in [0.5, 0.6) is 5.75 Å². The van der Waals surface area contributed by atoms with Gasteiger partial charge in [0.25, 0.3) is 0 Å². The number of rotatable bonds is 4. The van der Waals surface area contributed by atoms with Crippen LogP contribution in [0.1, 0.15) is 0 Å². The second-order valence-corrected chi connectivity index (χ2v) is 4.88. The van der Waals surface area contributed by atoms with Gasteiger partial charge in [-0.2, -0.15) is 0 Å². The lowest BCUT2D eigenvalue weighted by atomic mass is 10.3. The molecule has 0 saturated carbocycles. The first-order valence-corrected chi connectivity index (χ1v) is 6.90. The van der Waals surface area contributed by atoms with Crippen molar-refractivity contribution in [3.05, 3.63) is 57.6 Å². The minimum Gasteiger partial charge on any atom is -0.497 e. The Hall–Kier alpha value is -2.83. The zero-order chi connectivity index (χ0) is 15.7. The number of allylic oxidation sites excluding steroid dienone is 1. The van der Waals surface area contributed by atoms with Gasteiger partial charge in [-0.05, 0) is 24.3 Å². The number of anilines is 2. The Bertz CT molecular complexity index is 820. The molecule has 2 aromatic rings. The molecule has 0 bridgehead atoms. The fourth-order valence-electron chi connectivity index (χ4n) is 2.48. The number of methoxy groups -OCH3 is 1. The minimum atomic E-state index is -0.625. The number of aromatic nitrogens is 3. The Morgan fingerprint density at radius 2 is 1.95 bits per heavy atom. The van der Waals surface area contributed by atoms with Crippen molar-refractivity contribution >= 4 is 11.6 Å². The number of ether oxygens (including phenoxy) is 1. The van der Waals surface area contributed by atoms with Crippen LogP contribution in [-0.2, 0) is 13.1 Å². The molecule has 0 aliphatic carbocycles.